The molecule has 7 heteroatoms. The van der Waals surface area contributed by atoms with Gasteiger partial charge < -0.3 is 19.7 Å². The normalized spacial score (nSPS) is 23.1. The van der Waals surface area contributed by atoms with E-state index in [4.69, 9.17) is 0 Å². The molecule has 4 heterocycles. The fourth-order valence-electron chi connectivity index (χ4n) is 4.94. The first-order valence-corrected chi connectivity index (χ1v) is 10.7. The van der Waals surface area contributed by atoms with Gasteiger partial charge in [0, 0.05) is 55.7 Å². The third kappa shape index (κ3) is 3.32. The summed E-state index contributed by atoms with van der Waals surface area (Å²) in [5.41, 5.74) is 3.35. The molecule has 3 amide bonds. The SMILES string of the molecule is CN1CCN(CCCCN2C(=O)C3Cc4c([nH]c5ccccc45)CN3C2=O)CC1. The zero-order valence-electron chi connectivity index (χ0n) is 17.1. The number of H-pyrrole nitrogens is 1. The standard InChI is InChI=1S/C22H29N5O2/c1-24-10-12-25(13-11-24)8-4-5-9-26-21(28)20-14-17-16-6-2-3-7-18(16)23-19(17)15-27(20)22(26)29/h2-3,6-7,20,23H,4-5,8-15H2,1H3. The van der Waals surface area contributed by atoms with Gasteiger partial charge in [-0.2, -0.15) is 0 Å². The van der Waals surface area contributed by atoms with Gasteiger partial charge in [0.25, 0.3) is 5.91 Å². The molecule has 1 aromatic carbocycles. The lowest BCUT2D eigenvalue weighted by molar-refractivity contribution is -0.128. The Labute approximate surface area is 171 Å². The number of urea groups is 1. The Morgan fingerprint density at radius 2 is 1.79 bits per heavy atom. The Morgan fingerprint density at radius 1 is 1.03 bits per heavy atom. The summed E-state index contributed by atoms with van der Waals surface area (Å²) in [5.74, 6) is -0.0227. The van der Waals surface area contributed by atoms with Crippen molar-refractivity contribution in [1.29, 1.82) is 0 Å². The number of carbonyl (C=O) groups excluding carboxylic acids is 2. The number of unbranched alkanes of at least 4 members (excludes halogenated alkanes) is 1. The lowest BCUT2D eigenvalue weighted by Gasteiger charge is -2.32. The van der Waals surface area contributed by atoms with Crippen LogP contribution in [-0.2, 0) is 17.8 Å². The molecule has 5 rings (SSSR count). The van der Waals surface area contributed by atoms with Crippen LogP contribution in [0.2, 0.25) is 0 Å². The van der Waals surface area contributed by atoms with Gasteiger partial charge in [-0.15, -0.1) is 0 Å². The minimum atomic E-state index is -0.341. The number of nitrogens with one attached hydrogen (secondary N) is 1. The quantitative estimate of drug-likeness (QED) is 0.620. The summed E-state index contributed by atoms with van der Waals surface area (Å²) in [7, 11) is 2.16. The first kappa shape index (κ1) is 18.6. The maximum Gasteiger partial charge on any atom is 0.327 e. The zero-order valence-corrected chi connectivity index (χ0v) is 17.1. The third-order valence-electron chi connectivity index (χ3n) is 6.73. The summed E-state index contributed by atoms with van der Waals surface area (Å²) in [6.07, 6.45) is 2.51. The van der Waals surface area contributed by atoms with Gasteiger partial charge in [0.05, 0.1) is 6.54 Å². The van der Waals surface area contributed by atoms with Crippen LogP contribution in [0.25, 0.3) is 10.9 Å². The highest BCUT2D eigenvalue weighted by atomic mass is 16.2. The molecule has 2 fully saturated rings. The maximum atomic E-state index is 13.0. The van der Waals surface area contributed by atoms with Crippen LogP contribution >= 0.6 is 0 Å². The number of aromatic amines is 1. The number of aromatic nitrogens is 1. The molecule has 2 aromatic rings. The Kier molecular flexibility index (Phi) is 4.80. The fourth-order valence-corrected chi connectivity index (χ4v) is 4.94. The molecular formula is C22H29N5O2. The predicted octanol–water partition coefficient (Wildman–Crippen LogP) is 1.88. The van der Waals surface area contributed by atoms with Gasteiger partial charge in [-0.1, -0.05) is 18.2 Å². The number of hydrogen-bond donors (Lipinski definition) is 1. The first-order valence-electron chi connectivity index (χ1n) is 10.7. The lowest BCUT2D eigenvalue weighted by Crippen LogP contribution is -2.44. The molecule has 1 N–H and O–H groups in total. The number of rotatable bonds is 5. The Morgan fingerprint density at radius 3 is 2.62 bits per heavy atom. The van der Waals surface area contributed by atoms with Gasteiger partial charge in [0.2, 0.25) is 0 Å². The largest absolute Gasteiger partial charge is 0.357 e. The molecule has 2 saturated heterocycles. The summed E-state index contributed by atoms with van der Waals surface area (Å²) >= 11 is 0. The highest BCUT2D eigenvalue weighted by Gasteiger charge is 2.47. The number of para-hydroxylation sites is 1. The zero-order chi connectivity index (χ0) is 20.0. The van der Waals surface area contributed by atoms with Crippen LogP contribution in [0, 0.1) is 0 Å². The van der Waals surface area contributed by atoms with E-state index in [2.05, 4.69) is 34.0 Å². The third-order valence-corrected chi connectivity index (χ3v) is 6.73. The van der Waals surface area contributed by atoms with E-state index in [-0.39, 0.29) is 18.0 Å². The van der Waals surface area contributed by atoms with Crippen molar-refractivity contribution in [2.75, 3.05) is 46.3 Å². The van der Waals surface area contributed by atoms with E-state index in [0.717, 1.165) is 56.8 Å². The molecule has 0 radical (unpaired) electrons. The average molecular weight is 396 g/mol. The number of likely N-dealkylation sites (N-methyl/N-ethyl adjacent to an activating group) is 1. The van der Waals surface area contributed by atoms with Crippen LogP contribution in [0.5, 0.6) is 0 Å². The molecule has 3 aliphatic rings. The van der Waals surface area contributed by atoms with Crippen molar-refractivity contribution >= 4 is 22.8 Å². The van der Waals surface area contributed by atoms with Crippen molar-refractivity contribution in [3.05, 3.63) is 35.5 Å². The van der Waals surface area contributed by atoms with Crippen LogP contribution in [-0.4, -0.2) is 88.9 Å². The molecule has 0 spiro atoms. The molecule has 1 unspecified atom stereocenters. The predicted molar refractivity (Wildman–Crippen MR) is 112 cm³/mol. The van der Waals surface area contributed by atoms with Gasteiger partial charge in [-0.3, -0.25) is 9.69 Å². The number of amides is 3. The molecule has 29 heavy (non-hydrogen) atoms. The van der Waals surface area contributed by atoms with E-state index >= 15 is 0 Å². The number of hydrogen-bond acceptors (Lipinski definition) is 4. The average Bonchev–Trinajstić information content (AvgIpc) is 3.21. The summed E-state index contributed by atoms with van der Waals surface area (Å²) in [5, 5.41) is 1.17. The van der Waals surface area contributed by atoms with E-state index in [1.54, 1.807) is 4.90 Å². The molecule has 154 valence electrons. The fraction of sp³-hybridized carbons (Fsp3) is 0.545. The van der Waals surface area contributed by atoms with Crippen molar-refractivity contribution in [1.82, 2.24) is 24.6 Å². The maximum absolute atomic E-state index is 13.0. The van der Waals surface area contributed by atoms with E-state index in [9.17, 15) is 9.59 Å². The summed E-state index contributed by atoms with van der Waals surface area (Å²) in [6.45, 7) is 6.54. The molecule has 0 saturated carbocycles. The smallest absolute Gasteiger partial charge is 0.327 e. The molecule has 1 atom stereocenters. The molecule has 0 bridgehead atoms. The Hall–Kier alpha value is -2.38. The van der Waals surface area contributed by atoms with Crippen molar-refractivity contribution in [3.63, 3.8) is 0 Å². The van der Waals surface area contributed by atoms with Crippen LogP contribution in [0.3, 0.4) is 0 Å². The lowest BCUT2D eigenvalue weighted by atomic mass is 9.97. The summed E-state index contributed by atoms with van der Waals surface area (Å²) in [4.78, 5) is 37.4. The van der Waals surface area contributed by atoms with Crippen molar-refractivity contribution < 1.29 is 9.59 Å². The van der Waals surface area contributed by atoms with Crippen molar-refractivity contribution in [2.45, 2.75) is 31.8 Å². The van der Waals surface area contributed by atoms with E-state index in [1.807, 2.05) is 12.1 Å². The molecule has 1 aromatic heterocycles. The highest BCUT2D eigenvalue weighted by molar-refractivity contribution is 6.05. The van der Waals surface area contributed by atoms with Gasteiger partial charge in [0.1, 0.15) is 6.04 Å². The Bertz CT molecular complexity index is 930. The number of piperazine rings is 1. The summed E-state index contributed by atoms with van der Waals surface area (Å²) in [6, 6.07) is 7.71. The van der Waals surface area contributed by atoms with Crippen LogP contribution in [0.4, 0.5) is 4.79 Å². The topological polar surface area (TPSA) is 62.9 Å². The molecule has 7 nitrogen and oxygen atoms in total. The Balaban J connectivity index is 1.20. The van der Waals surface area contributed by atoms with Gasteiger partial charge in [-0.25, -0.2) is 4.79 Å². The van der Waals surface area contributed by atoms with Crippen molar-refractivity contribution in [2.24, 2.45) is 0 Å². The monoisotopic (exact) mass is 395 g/mol. The number of benzene rings is 1. The van der Waals surface area contributed by atoms with Gasteiger partial charge in [0.15, 0.2) is 0 Å². The van der Waals surface area contributed by atoms with Crippen LogP contribution in [0.15, 0.2) is 24.3 Å². The minimum absolute atomic E-state index is 0.0227. The molecule has 3 aliphatic heterocycles. The molecule has 0 aliphatic carbocycles. The number of carbonyl (C=O) groups is 2. The number of imide groups is 1. The highest BCUT2D eigenvalue weighted by Crippen LogP contribution is 2.34. The minimum Gasteiger partial charge on any atom is -0.357 e. The number of nitrogens with zero attached hydrogens (tertiary/aromatic N) is 4. The van der Waals surface area contributed by atoms with E-state index < -0.39 is 0 Å². The van der Waals surface area contributed by atoms with E-state index in [1.165, 1.54) is 15.8 Å². The first-order chi connectivity index (χ1) is 14.1. The second-order valence-electron chi connectivity index (χ2n) is 8.60. The second kappa shape index (κ2) is 7.46. The van der Waals surface area contributed by atoms with Crippen LogP contribution in [0.1, 0.15) is 24.1 Å². The molecular weight excluding hydrogens is 366 g/mol. The van der Waals surface area contributed by atoms with Crippen molar-refractivity contribution in [3.8, 4) is 0 Å². The van der Waals surface area contributed by atoms with Gasteiger partial charge in [-0.05, 0) is 38.1 Å². The second-order valence-corrected chi connectivity index (χ2v) is 8.60. The van der Waals surface area contributed by atoms with E-state index in [0.29, 0.717) is 19.5 Å². The van der Waals surface area contributed by atoms with Crippen LogP contribution < -0.4 is 0 Å². The number of fused-ring (bicyclic) bond motifs is 4. The summed E-state index contributed by atoms with van der Waals surface area (Å²) < 4.78 is 0. The van der Waals surface area contributed by atoms with Gasteiger partial charge >= 0.3 is 6.03 Å².